The lowest BCUT2D eigenvalue weighted by atomic mass is 10.2. The molecule has 1 aromatic heterocycles. The Bertz CT molecular complexity index is 819. The van der Waals surface area contributed by atoms with Crippen molar-refractivity contribution in [3.8, 4) is 5.75 Å². The summed E-state index contributed by atoms with van der Waals surface area (Å²) in [6, 6.07) is 8.63. The van der Waals surface area contributed by atoms with E-state index in [1.54, 1.807) is 30.5 Å². The van der Waals surface area contributed by atoms with Gasteiger partial charge in [-0.25, -0.2) is 18.1 Å². The molecule has 3 rings (SSSR count). The van der Waals surface area contributed by atoms with Gasteiger partial charge in [-0.15, -0.1) is 0 Å². The molecule has 0 aliphatic carbocycles. The molecule has 1 aromatic carbocycles. The van der Waals surface area contributed by atoms with Gasteiger partial charge in [-0.05, 0) is 41.5 Å². The molecule has 122 valence electrons. The Balaban J connectivity index is 1.75. The van der Waals surface area contributed by atoms with Crippen molar-refractivity contribution in [1.82, 2.24) is 9.71 Å². The van der Waals surface area contributed by atoms with Gasteiger partial charge in [0, 0.05) is 33.3 Å². The van der Waals surface area contributed by atoms with Crippen LogP contribution in [-0.4, -0.2) is 34.1 Å². The van der Waals surface area contributed by atoms with Gasteiger partial charge in [0.1, 0.15) is 11.6 Å². The molecule has 0 spiro atoms. The van der Waals surface area contributed by atoms with Gasteiger partial charge in [0.2, 0.25) is 10.0 Å². The molecule has 0 amide bonds. The van der Waals surface area contributed by atoms with Crippen LogP contribution < -0.4 is 14.4 Å². The number of sulfonamides is 1. The minimum absolute atomic E-state index is 0.222. The lowest BCUT2D eigenvalue weighted by molar-refractivity contribution is 0.356. The number of nitrogens with zero attached hydrogens (tertiary/aromatic N) is 2. The predicted molar refractivity (Wildman–Crippen MR) is 88.2 cm³/mol. The van der Waals surface area contributed by atoms with Crippen molar-refractivity contribution in [3.05, 3.63) is 47.7 Å². The van der Waals surface area contributed by atoms with Crippen LogP contribution in [0.1, 0.15) is 11.1 Å². The second-order valence-corrected chi connectivity index (χ2v) is 7.38. The molecule has 0 saturated heterocycles. The van der Waals surface area contributed by atoms with Gasteiger partial charge in [0.15, 0.2) is 0 Å². The number of nitrogens with one attached hydrogen (secondary N) is 1. The molecule has 6 nitrogen and oxygen atoms in total. The normalized spacial score (nSPS) is 13.5. The van der Waals surface area contributed by atoms with Crippen LogP contribution in [-0.2, 0) is 23.0 Å². The lowest BCUT2D eigenvalue weighted by Gasteiger charge is -2.13. The van der Waals surface area contributed by atoms with E-state index in [-0.39, 0.29) is 11.4 Å². The zero-order valence-corrected chi connectivity index (χ0v) is 13.9. The molecule has 1 N–H and O–H groups in total. The summed E-state index contributed by atoms with van der Waals surface area (Å²) in [7, 11) is 0.231. The first-order valence-corrected chi connectivity index (χ1v) is 8.82. The third-order valence-corrected chi connectivity index (χ3v) is 5.10. The quantitative estimate of drug-likeness (QED) is 0.899. The Morgan fingerprint density at radius 1 is 1.26 bits per heavy atom. The van der Waals surface area contributed by atoms with Crippen molar-refractivity contribution in [2.24, 2.45) is 0 Å². The van der Waals surface area contributed by atoms with Crippen molar-refractivity contribution >= 4 is 15.8 Å². The maximum atomic E-state index is 12.4. The molecule has 0 radical (unpaired) electrons. The van der Waals surface area contributed by atoms with Gasteiger partial charge in [0.05, 0.1) is 11.5 Å². The molecule has 2 aromatic rings. The summed E-state index contributed by atoms with van der Waals surface area (Å²) < 4.78 is 32.9. The zero-order chi connectivity index (χ0) is 16.4. The summed E-state index contributed by atoms with van der Waals surface area (Å²) >= 11 is 0. The molecule has 0 atom stereocenters. The number of rotatable bonds is 5. The number of benzene rings is 1. The van der Waals surface area contributed by atoms with Crippen LogP contribution in [0.2, 0.25) is 0 Å². The fourth-order valence-electron chi connectivity index (χ4n) is 2.41. The average molecular weight is 333 g/mol. The zero-order valence-electron chi connectivity index (χ0n) is 13.1. The fourth-order valence-corrected chi connectivity index (χ4v) is 3.47. The van der Waals surface area contributed by atoms with E-state index < -0.39 is 10.0 Å². The van der Waals surface area contributed by atoms with Crippen LogP contribution in [0.15, 0.2) is 41.4 Å². The number of hydrogen-bond acceptors (Lipinski definition) is 5. The van der Waals surface area contributed by atoms with Crippen molar-refractivity contribution < 1.29 is 13.2 Å². The minimum Gasteiger partial charge on any atom is -0.493 e. The van der Waals surface area contributed by atoms with Crippen molar-refractivity contribution in [2.75, 3.05) is 25.6 Å². The maximum Gasteiger partial charge on any atom is 0.240 e. The van der Waals surface area contributed by atoms with Crippen LogP contribution in [0.25, 0.3) is 0 Å². The number of anilines is 1. The highest BCUT2D eigenvalue weighted by atomic mass is 32.2. The van der Waals surface area contributed by atoms with Gasteiger partial charge < -0.3 is 9.64 Å². The Hall–Kier alpha value is -2.12. The molecule has 2 heterocycles. The molecule has 1 aliphatic rings. The first-order chi connectivity index (χ1) is 11.0. The summed E-state index contributed by atoms with van der Waals surface area (Å²) in [6.45, 7) is 0.829. The minimum atomic E-state index is -3.55. The summed E-state index contributed by atoms with van der Waals surface area (Å²) in [5.41, 5.74) is 1.79. The van der Waals surface area contributed by atoms with Crippen LogP contribution >= 0.6 is 0 Å². The predicted octanol–water partition coefficient (Wildman–Crippen LogP) is 1.56. The highest BCUT2D eigenvalue weighted by Crippen LogP contribution is 2.27. The van der Waals surface area contributed by atoms with E-state index in [0.29, 0.717) is 6.61 Å². The van der Waals surface area contributed by atoms with Gasteiger partial charge >= 0.3 is 0 Å². The van der Waals surface area contributed by atoms with E-state index in [1.165, 1.54) is 0 Å². The topological polar surface area (TPSA) is 71.5 Å². The fraction of sp³-hybridized carbons (Fsp3) is 0.312. The van der Waals surface area contributed by atoms with Crippen molar-refractivity contribution in [2.45, 2.75) is 17.9 Å². The number of ether oxygens (including phenoxy) is 1. The molecule has 1 aliphatic heterocycles. The van der Waals surface area contributed by atoms with Crippen LogP contribution in [0.5, 0.6) is 5.75 Å². The van der Waals surface area contributed by atoms with Gasteiger partial charge in [0.25, 0.3) is 0 Å². The summed E-state index contributed by atoms with van der Waals surface area (Å²) in [4.78, 5) is 6.36. The summed E-state index contributed by atoms with van der Waals surface area (Å²) in [5.74, 6) is 1.56. The Morgan fingerprint density at radius 3 is 2.87 bits per heavy atom. The first kappa shape index (κ1) is 15.8. The van der Waals surface area contributed by atoms with Crippen LogP contribution in [0.3, 0.4) is 0 Å². The first-order valence-electron chi connectivity index (χ1n) is 7.33. The van der Waals surface area contributed by atoms with E-state index in [2.05, 4.69) is 9.71 Å². The third-order valence-electron chi connectivity index (χ3n) is 3.71. The highest BCUT2D eigenvalue weighted by molar-refractivity contribution is 7.89. The second kappa shape index (κ2) is 6.17. The van der Waals surface area contributed by atoms with E-state index in [9.17, 15) is 8.42 Å². The standard InChI is InChI=1S/C16H19N3O3S/c1-19(2)16-9-12(5-7-17-16)11-18-23(20,21)14-3-4-15-13(10-14)6-8-22-15/h3-5,7,9-10,18H,6,8,11H2,1-2H3. The number of fused-ring (bicyclic) bond motifs is 1. The smallest absolute Gasteiger partial charge is 0.240 e. The highest BCUT2D eigenvalue weighted by Gasteiger charge is 2.19. The lowest BCUT2D eigenvalue weighted by Crippen LogP contribution is -2.23. The number of aromatic nitrogens is 1. The van der Waals surface area contributed by atoms with Crippen LogP contribution in [0.4, 0.5) is 5.82 Å². The molecule has 0 unspecified atom stereocenters. The summed E-state index contributed by atoms with van der Waals surface area (Å²) in [5, 5.41) is 0. The Labute approximate surface area is 136 Å². The molecule has 0 bridgehead atoms. The third kappa shape index (κ3) is 3.46. The van der Waals surface area contributed by atoms with Crippen molar-refractivity contribution in [3.63, 3.8) is 0 Å². The molecular formula is C16H19N3O3S. The van der Waals surface area contributed by atoms with Crippen molar-refractivity contribution in [1.29, 1.82) is 0 Å². The maximum absolute atomic E-state index is 12.4. The molecule has 7 heteroatoms. The van der Waals surface area contributed by atoms with E-state index in [1.807, 2.05) is 25.1 Å². The monoisotopic (exact) mass is 333 g/mol. The van der Waals surface area contributed by atoms with E-state index in [0.717, 1.165) is 29.1 Å². The number of hydrogen-bond donors (Lipinski definition) is 1. The second-order valence-electron chi connectivity index (χ2n) is 5.61. The molecule has 0 saturated carbocycles. The Morgan fingerprint density at radius 2 is 2.09 bits per heavy atom. The molecular weight excluding hydrogens is 314 g/mol. The SMILES string of the molecule is CN(C)c1cc(CNS(=O)(=O)c2ccc3c(c2)CCO3)ccn1. The largest absolute Gasteiger partial charge is 0.493 e. The average Bonchev–Trinajstić information content (AvgIpc) is 3.01. The number of pyridine rings is 1. The molecule has 0 fully saturated rings. The molecule has 23 heavy (non-hydrogen) atoms. The summed E-state index contributed by atoms with van der Waals surface area (Å²) in [6.07, 6.45) is 2.42. The van der Waals surface area contributed by atoms with Gasteiger partial charge in [-0.1, -0.05) is 0 Å². The van der Waals surface area contributed by atoms with E-state index >= 15 is 0 Å². The van der Waals surface area contributed by atoms with Crippen LogP contribution in [0, 0.1) is 0 Å². The van der Waals surface area contributed by atoms with Gasteiger partial charge in [-0.3, -0.25) is 0 Å². The Kier molecular flexibility index (Phi) is 4.23. The van der Waals surface area contributed by atoms with E-state index in [4.69, 9.17) is 4.74 Å². The van der Waals surface area contributed by atoms with Gasteiger partial charge in [-0.2, -0.15) is 0 Å².